The summed E-state index contributed by atoms with van der Waals surface area (Å²) in [5.74, 6) is 0.554. The first-order chi connectivity index (χ1) is 10.2. The summed E-state index contributed by atoms with van der Waals surface area (Å²) >= 11 is 0. The number of carbonyl (C=O) groups excluding carboxylic acids is 1. The highest BCUT2D eigenvalue weighted by molar-refractivity contribution is 5.76. The molecule has 0 aliphatic carbocycles. The van der Waals surface area contributed by atoms with Crippen LogP contribution in [0.3, 0.4) is 0 Å². The van der Waals surface area contributed by atoms with Crippen LogP contribution in [0.2, 0.25) is 0 Å². The second-order valence-electron chi connectivity index (χ2n) is 7.97. The molecule has 0 spiro atoms. The number of hydrogen-bond acceptors (Lipinski definition) is 3. The zero-order valence-electron chi connectivity index (χ0n) is 14.5. The lowest BCUT2D eigenvalue weighted by Crippen LogP contribution is -2.58. The van der Waals surface area contributed by atoms with Gasteiger partial charge in [-0.15, -0.1) is 0 Å². The highest BCUT2D eigenvalue weighted by Gasteiger charge is 2.38. The molecule has 122 valence electrons. The van der Waals surface area contributed by atoms with Crippen LogP contribution in [0.5, 0.6) is 0 Å². The monoisotopic (exact) mass is 303 g/mol. The Hall–Kier alpha value is -1.42. The Morgan fingerprint density at radius 1 is 1.32 bits per heavy atom. The number of rotatable bonds is 4. The third-order valence-electron chi connectivity index (χ3n) is 4.19. The summed E-state index contributed by atoms with van der Waals surface area (Å²) in [6.45, 7) is 11.4. The van der Waals surface area contributed by atoms with Gasteiger partial charge in [0.05, 0.1) is 12.2 Å². The number of aromatic nitrogens is 1. The van der Waals surface area contributed by atoms with Crippen LogP contribution < -0.4 is 10.6 Å². The Morgan fingerprint density at radius 3 is 2.55 bits per heavy atom. The van der Waals surface area contributed by atoms with Crippen molar-refractivity contribution in [1.82, 2.24) is 15.6 Å². The molecule has 1 aliphatic heterocycles. The number of amides is 1. The average Bonchev–Trinajstić information content (AvgIpc) is 2.32. The van der Waals surface area contributed by atoms with Gasteiger partial charge in [-0.3, -0.25) is 9.78 Å². The lowest BCUT2D eigenvalue weighted by atomic mass is 9.74. The summed E-state index contributed by atoms with van der Waals surface area (Å²) < 4.78 is 0. The summed E-state index contributed by atoms with van der Waals surface area (Å²) in [7, 11) is 0. The maximum atomic E-state index is 12.2. The second kappa shape index (κ2) is 6.37. The lowest BCUT2D eigenvalue weighted by molar-refractivity contribution is -0.122. The summed E-state index contributed by atoms with van der Waals surface area (Å²) in [5.41, 5.74) is 2.26. The molecule has 1 aromatic heterocycles. The van der Waals surface area contributed by atoms with Crippen LogP contribution in [0.15, 0.2) is 18.3 Å². The fraction of sp³-hybridized carbons (Fsp3) is 0.667. The van der Waals surface area contributed by atoms with Crippen molar-refractivity contribution >= 4 is 5.91 Å². The Morgan fingerprint density at radius 2 is 1.95 bits per heavy atom. The molecule has 0 atom stereocenters. The Balaban J connectivity index is 1.86. The van der Waals surface area contributed by atoms with Crippen LogP contribution in [0.1, 0.15) is 58.2 Å². The molecule has 0 aromatic carbocycles. The van der Waals surface area contributed by atoms with Crippen molar-refractivity contribution < 1.29 is 4.79 Å². The summed E-state index contributed by atoms with van der Waals surface area (Å²) in [6, 6.07) is 3.97. The van der Waals surface area contributed by atoms with Crippen molar-refractivity contribution in [3.63, 3.8) is 0 Å². The standard InChI is InChI=1S/C18H29N3O/c1-13-6-7-19-15(8-13)12-20-16(22)9-14-10-17(2,3)21-18(4,5)11-14/h6-8,14,21H,9-12H2,1-5H3,(H,20,22). The molecular formula is C18H29N3O. The number of nitrogens with one attached hydrogen (secondary N) is 2. The lowest BCUT2D eigenvalue weighted by Gasteiger charge is -2.46. The van der Waals surface area contributed by atoms with Crippen LogP contribution in [0.4, 0.5) is 0 Å². The summed E-state index contributed by atoms with van der Waals surface area (Å²) in [5, 5.41) is 6.66. The highest BCUT2D eigenvalue weighted by Crippen LogP contribution is 2.34. The van der Waals surface area contributed by atoms with Crippen LogP contribution in [-0.4, -0.2) is 22.0 Å². The predicted octanol–water partition coefficient (Wildman–Crippen LogP) is 2.95. The van der Waals surface area contributed by atoms with E-state index in [0.717, 1.165) is 18.5 Å². The van der Waals surface area contributed by atoms with E-state index in [4.69, 9.17) is 0 Å². The molecule has 4 heteroatoms. The quantitative estimate of drug-likeness (QED) is 0.899. The first-order valence-electron chi connectivity index (χ1n) is 8.13. The Kier molecular flexibility index (Phi) is 4.90. The van der Waals surface area contributed by atoms with E-state index in [2.05, 4.69) is 43.3 Å². The first-order valence-corrected chi connectivity index (χ1v) is 8.13. The Labute approximate surface area is 134 Å². The number of pyridine rings is 1. The van der Waals surface area contributed by atoms with Crippen LogP contribution in [-0.2, 0) is 11.3 Å². The van der Waals surface area contributed by atoms with Gasteiger partial charge in [0.15, 0.2) is 0 Å². The van der Waals surface area contributed by atoms with Gasteiger partial charge in [-0.25, -0.2) is 0 Å². The van der Waals surface area contributed by atoms with Gasteiger partial charge in [0, 0.05) is 23.7 Å². The zero-order valence-corrected chi connectivity index (χ0v) is 14.5. The zero-order chi connectivity index (χ0) is 16.4. The van der Waals surface area contributed by atoms with Crippen molar-refractivity contribution in [1.29, 1.82) is 0 Å². The van der Waals surface area contributed by atoms with Crippen LogP contribution in [0, 0.1) is 12.8 Å². The van der Waals surface area contributed by atoms with Gasteiger partial charge in [0.25, 0.3) is 0 Å². The molecular weight excluding hydrogens is 274 g/mol. The third-order valence-corrected chi connectivity index (χ3v) is 4.19. The second-order valence-corrected chi connectivity index (χ2v) is 7.97. The minimum absolute atomic E-state index is 0.0881. The van der Waals surface area contributed by atoms with E-state index in [-0.39, 0.29) is 17.0 Å². The van der Waals surface area contributed by atoms with Gasteiger partial charge < -0.3 is 10.6 Å². The average molecular weight is 303 g/mol. The number of piperidine rings is 1. The van der Waals surface area contributed by atoms with Gasteiger partial charge in [-0.1, -0.05) is 0 Å². The van der Waals surface area contributed by atoms with E-state index in [0.29, 0.717) is 18.9 Å². The van der Waals surface area contributed by atoms with E-state index in [1.165, 1.54) is 5.56 Å². The molecule has 2 rings (SSSR count). The summed E-state index contributed by atoms with van der Waals surface area (Å²) in [6.07, 6.45) is 4.45. The maximum Gasteiger partial charge on any atom is 0.220 e. The van der Waals surface area contributed by atoms with Gasteiger partial charge in [-0.2, -0.15) is 0 Å². The van der Waals surface area contributed by atoms with Gasteiger partial charge in [-0.05, 0) is 71.1 Å². The van der Waals surface area contributed by atoms with E-state index in [1.54, 1.807) is 6.20 Å². The van der Waals surface area contributed by atoms with Gasteiger partial charge in [0.2, 0.25) is 5.91 Å². The maximum absolute atomic E-state index is 12.2. The van der Waals surface area contributed by atoms with Crippen LogP contribution in [0.25, 0.3) is 0 Å². The van der Waals surface area contributed by atoms with E-state index < -0.39 is 0 Å². The molecule has 2 N–H and O–H groups in total. The number of aryl methyl sites for hydroxylation is 1. The van der Waals surface area contributed by atoms with E-state index in [9.17, 15) is 4.79 Å². The molecule has 2 heterocycles. The predicted molar refractivity (Wildman–Crippen MR) is 89.5 cm³/mol. The number of carbonyl (C=O) groups is 1. The fourth-order valence-electron chi connectivity index (χ4n) is 3.90. The summed E-state index contributed by atoms with van der Waals surface area (Å²) in [4.78, 5) is 16.5. The number of hydrogen-bond donors (Lipinski definition) is 2. The molecule has 0 saturated carbocycles. The van der Waals surface area contributed by atoms with E-state index >= 15 is 0 Å². The molecule has 22 heavy (non-hydrogen) atoms. The molecule has 1 amide bonds. The molecule has 0 unspecified atom stereocenters. The Bertz CT molecular complexity index is 521. The van der Waals surface area contributed by atoms with Crippen molar-refractivity contribution in [2.75, 3.05) is 0 Å². The number of nitrogens with zero attached hydrogens (tertiary/aromatic N) is 1. The molecule has 4 nitrogen and oxygen atoms in total. The van der Waals surface area contributed by atoms with Crippen molar-refractivity contribution in [2.45, 2.75) is 71.5 Å². The largest absolute Gasteiger partial charge is 0.350 e. The van der Waals surface area contributed by atoms with Crippen molar-refractivity contribution in [3.8, 4) is 0 Å². The molecule has 1 fully saturated rings. The van der Waals surface area contributed by atoms with Crippen molar-refractivity contribution in [2.24, 2.45) is 5.92 Å². The minimum Gasteiger partial charge on any atom is -0.350 e. The minimum atomic E-state index is 0.0881. The molecule has 0 bridgehead atoms. The molecule has 1 saturated heterocycles. The van der Waals surface area contributed by atoms with Gasteiger partial charge in [0.1, 0.15) is 0 Å². The first kappa shape index (κ1) is 16.9. The smallest absolute Gasteiger partial charge is 0.220 e. The van der Waals surface area contributed by atoms with E-state index in [1.807, 2.05) is 19.1 Å². The third kappa shape index (κ3) is 5.09. The molecule has 1 aromatic rings. The fourth-order valence-corrected chi connectivity index (χ4v) is 3.90. The topological polar surface area (TPSA) is 54.0 Å². The van der Waals surface area contributed by atoms with Crippen LogP contribution >= 0.6 is 0 Å². The SMILES string of the molecule is Cc1ccnc(CNC(=O)CC2CC(C)(C)NC(C)(C)C2)c1. The molecule has 1 aliphatic rings. The molecule has 0 radical (unpaired) electrons. The normalized spacial score (nSPS) is 20.6. The highest BCUT2D eigenvalue weighted by atomic mass is 16.1. The van der Waals surface area contributed by atoms with Crippen molar-refractivity contribution in [3.05, 3.63) is 29.6 Å². The van der Waals surface area contributed by atoms with Gasteiger partial charge >= 0.3 is 0 Å².